The van der Waals surface area contributed by atoms with Gasteiger partial charge in [0.05, 0.1) is 46.3 Å². The van der Waals surface area contributed by atoms with Gasteiger partial charge in [-0.1, -0.05) is 19.1 Å². The molecule has 1 heterocycles. The molecule has 1 aliphatic heterocycles. The zero-order valence-electron chi connectivity index (χ0n) is 24.1. The average molecular weight is 573 g/mol. The van der Waals surface area contributed by atoms with E-state index in [9.17, 15) is 20.2 Å². The number of hydrogen-bond donors (Lipinski definition) is 0. The number of benzene rings is 2. The van der Waals surface area contributed by atoms with Crippen LogP contribution in [-0.4, -0.2) is 64.2 Å². The largest absolute Gasteiger partial charge is 0.493 e. The summed E-state index contributed by atoms with van der Waals surface area (Å²) in [5.41, 5.74) is -0.749. The molecular formula is C29H36N2O10. The van der Waals surface area contributed by atoms with Crippen LogP contribution in [0.15, 0.2) is 30.3 Å². The van der Waals surface area contributed by atoms with Crippen molar-refractivity contribution in [3.63, 3.8) is 0 Å². The number of fused-ring (bicyclic) bond motifs is 1. The molecule has 2 aromatic rings. The fourth-order valence-corrected chi connectivity index (χ4v) is 5.14. The van der Waals surface area contributed by atoms with Crippen molar-refractivity contribution in [2.75, 3.05) is 35.0 Å². The SMILES string of the molecule is CCC(C#N)(CCC(OC(C)=O)C(CC1COc2ccccc2O1)[N+](=O)[O-])c1cc(OC)c(OC)c(OC)c1OC. The number of para-hydroxylation sites is 2. The number of nitrogens with zero attached hydrogens (tertiary/aromatic N) is 2. The molecule has 3 rings (SSSR count). The predicted octanol–water partition coefficient (Wildman–Crippen LogP) is 4.48. The highest BCUT2D eigenvalue weighted by Crippen LogP contribution is 2.51. The lowest BCUT2D eigenvalue weighted by Gasteiger charge is -2.32. The first-order chi connectivity index (χ1) is 19.7. The van der Waals surface area contributed by atoms with E-state index in [0.717, 1.165) is 0 Å². The average Bonchev–Trinajstić information content (AvgIpc) is 2.98. The van der Waals surface area contributed by atoms with Gasteiger partial charge >= 0.3 is 5.97 Å². The molecule has 0 N–H and O–H groups in total. The summed E-state index contributed by atoms with van der Waals surface area (Å²) in [4.78, 5) is 23.9. The molecule has 1 aliphatic rings. The summed E-state index contributed by atoms with van der Waals surface area (Å²) >= 11 is 0. The maximum atomic E-state index is 12.3. The minimum Gasteiger partial charge on any atom is -0.493 e. The van der Waals surface area contributed by atoms with Crippen LogP contribution in [0.1, 0.15) is 45.1 Å². The summed E-state index contributed by atoms with van der Waals surface area (Å²) in [6.07, 6.45) is -1.43. The number of rotatable bonds is 14. The molecule has 12 nitrogen and oxygen atoms in total. The predicted molar refractivity (Wildman–Crippen MR) is 147 cm³/mol. The van der Waals surface area contributed by atoms with Crippen LogP contribution >= 0.6 is 0 Å². The van der Waals surface area contributed by atoms with E-state index in [2.05, 4.69) is 6.07 Å². The monoisotopic (exact) mass is 572 g/mol. The van der Waals surface area contributed by atoms with Gasteiger partial charge in [0, 0.05) is 17.4 Å². The Hall–Kier alpha value is -4.40. The lowest BCUT2D eigenvalue weighted by atomic mass is 9.74. The first-order valence-electron chi connectivity index (χ1n) is 13.2. The van der Waals surface area contributed by atoms with Crippen LogP contribution in [0, 0.1) is 21.4 Å². The van der Waals surface area contributed by atoms with Crippen molar-refractivity contribution in [2.45, 2.75) is 63.2 Å². The molecular weight excluding hydrogens is 536 g/mol. The quantitative estimate of drug-likeness (QED) is 0.179. The second-order valence-corrected chi connectivity index (χ2v) is 9.55. The van der Waals surface area contributed by atoms with E-state index in [1.807, 2.05) is 6.92 Å². The smallest absolute Gasteiger partial charge is 0.303 e. The standard InChI is InChI=1S/C29H36N2O10/c1-7-29(17-30,20-15-25(35-3)27(37-5)28(38-6)26(20)36-4)13-12-22(40-18(2)32)21(31(33)34)14-19-16-39-23-10-8-9-11-24(23)41-19/h8-11,15,19,21-22H,7,12-14,16H2,1-6H3. The lowest BCUT2D eigenvalue weighted by molar-refractivity contribution is -0.536. The molecule has 41 heavy (non-hydrogen) atoms. The number of carbonyl (C=O) groups excluding carboxylic acids is 1. The van der Waals surface area contributed by atoms with Crippen LogP contribution < -0.4 is 28.4 Å². The van der Waals surface area contributed by atoms with Crippen molar-refractivity contribution < 1.29 is 42.9 Å². The number of ether oxygens (including phenoxy) is 7. The number of nitriles is 1. The molecule has 0 aliphatic carbocycles. The molecule has 12 heteroatoms. The first kappa shape index (κ1) is 31.1. The van der Waals surface area contributed by atoms with Gasteiger partial charge in [-0.25, -0.2) is 0 Å². The molecule has 2 aromatic carbocycles. The second kappa shape index (κ2) is 13.8. The van der Waals surface area contributed by atoms with Gasteiger partial charge in [-0.3, -0.25) is 14.9 Å². The van der Waals surface area contributed by atoms with Gasteiger partial charge in [-0.15, -0.1) is 0 Å². The summed E-state index contributed by atoms with van der Waals surface area (Å²) in [6.45, 7) is 3.12. The maximum absolute atomic E-state index is 12.3. The Labute approximate surface area is 239 Å². The molecule has 0 saturated heterocycles. The van der Waals surface area contributed by atoms with Crippen LogP contribution in [0.4, 0.5) is 0 Å². The molecule has 0 amide bonds. The third kappa shape index (κ3) is 6.67. The highest BCUT2D eigenvalue weighted by Gasteiger charge is 2.43. The molecule has 4 unspecified atom stereocenters. The molecule has 222 valence electrons. The molecule has 4 atom stereocenters. The highest BCUT2D eigenvalue weighted by molar-refractivity contribution is 5.66. The summed E-state index contributed by atoms with van der Waals surface area (Å²) < 4.78 is 39.4. The van der Waals surface area contributed by atoms with E-state index in [-0.39, 0.29) is 37.4 Å². The Morgan fingerprint density at radius 2 is 1.78 bits per heavy atom. The van der Waals surface area contributed by atoms with Gasteiger partial charge in [0.2, 0.25) is 11.5 Å². The molecule has 0 radical (unpaired) electrons. The van der Waals surface area contributed by atoms with Gasteiger partial charge in [-0.05, 0) is 37.5 Å². The summed E-state index contributed by atoms with van der Waals surface area (Å²) in [5, 5.41) is 22.8. The van der Waals surface area contributed by atoms with Gasteiger partial charge in [0.15, 0.2) is 29.1 Å². The molecule has 0 spiro atoms. The van der Waals surface area contributed by atoms with E-state index in [0.29, 0.717) is 35.0 Å². The van der Waals surface area contributed by atoms with Crippen LogP contribution in [0.2, 0.25) is 0 Å². The minimum absolute atomic E-state index is 0.0105. The van der Waals surface area contributed by atoms with Gasteiger partial charge < -0.3 is 33.2 Å². The third-order valence-electron chi connectivity index (χ3n) is 7.27. The number of methoxy groups -OCH3 is 4. The van der Waals surface area contributed by atoms with Crippen molar-refractivity contribution in [3.8, 4) is 40.6 Å². The second-order valence-electron chi connectivity index (χ2n) is 9.55. The third-order valence-corrected chi connectivity index (χ3v) is 7.27. The molecule has 0 saturated carbocycles. The van der Waals surface area contributed by atoms with Crippen molar-refractivity contribution in [1.82, 2.24) is 0 Å². The zero-order chi connectivity index (χ0) is 30.2. The maximum Gasteiger partial charge on any atom is 0.303 e. The fourth-order valence-electron chi connectivity index (χ4n) is 5.14. The summed E-state index contributed by atoms with van der Waals surface area (Å²) in [7, 11) is 5.80. The number of hydrogen-bond acceptors (Lipinski definition) is 11. The van der Waals surface area contributed by atoms with Gasteiger partial charge in [0.25, 0.3) is 6.04 Å². The number of esters is 1. The Morgan fingerprint density at radius 3 is 2.32 bits per heavy atom. The van der Waals surface area contributed by atoms with E-state index in [1.165, 1.54) is 35.4 Å². The van der Waals surface area contributed by atoms with Crippen LogP contribution in [-0.2, 0) is 14.9 Å². The fraction of sp³-hybridized carbons (Fsp3) is 0.517. The summed E-state index contributed by atoms with van der Waals surface area (Å²) in [6, 6.07) is 9.76. The van der Waals surface area contributed by atoms with Crippen molar-refractivity contribution in [2.24, 2.45) is 0 Å². The molecule has 0 bridgehead atoms. The van der Waals surface area contributed by atoms with E-state index in [4.69, 9.17) is 33.2 Å². The Balaban J connectivity index is 1.96. The van der Waals surface area contributed by atoms with Crippen molar-refractivity contribution in [3.05, 3.63) is 46.0 Å². The van der Waals surface area contributed by atoms with Crippen LogP contribution in [0.3, 0.4) is 0 Å². The first-order valence-corrected chi connectivity index (χ1v) is 13.2. The Kier molecular flexibility index (Phi) is 10.5. The van der Waals surface area contributed by atoms with E-state index >= 15 is 0 Å². The van der Waals surface area contributed by atoms with E-state index in [1.54, 1.807) is 30.3 Å². The number of nitro groups is 1. The lowest BCUT2D eigenvalue weighted by Crippen LogP contribution is -2.43. The van der Waals surface area contributed by atoms with E-state index < -0.39 is 34.6 Å². The van der Waals surface area contributed by atoms with Gasteiger partial charge in [-0.2, -0.15) is 5.26 Å². The summed E-state index contributed by atoms with van der Waals surface area (Å²) in [5.74, 6) is 1.50. The van der Waals surface area contributed by atoms with Crippen LogP contribution in [0.5, 0.6) is 34.5 Å². The Bertz CT molecular complexity index is 1280. The molecule has 0 aromatic heterocycles. The normalized spacial score (nSPS) is 16.8. The highest BCUT2D eigenvalue weighted by atomic mass is 16.6. The van der Waals surface area contributed by atoms with Crippen molar-refractivity contribution >= 4 is 5.97 Å². The topological polar surface area (TPSA) is 149 Å². The molecule has 0 fully saturated rings. The van der Waals surface area contributed by atoms with Crippen molar-refractivity contribution in [1.29, 1.82) is 5.26 Å². The van der Waals surface area contributed by atoms with Crippen LogP contribution in [0.25, 0.3) is 0 Å². The number of carbonyl (C=O) groups is 1. The zero-order valence-corrected chi connectivity index (χ0v) is 24.1. The minimum atomic E-state index is -1.31. The van der Waals surface area contributed by atoms with Gasteiger partial charge in [0.1, 0.15) is 12.7 Å². The Morgan fingerprint density at radius 1 is 1.12 bits per heavy atom.